The van der Waals surface area contributed by atoms with E-state index in [0.717, 1.165) is 6.07 Å². The molecule has 1 unspecified atom stereocenters. The average molecular weight is 420 g/mol. The topological polar surface area (TPSA) is 80.0 Å². The lowest BCUT2D eigenvalue weighted by Crippen LogP contribution is -2.30. The monoisotopic (exact) mass is 420 g/mol. The molecule has 0 bridgehead atoms. The standard InChI is InChI=1S/C20H20F4N6/c1-10-28-16-7-26-17(30-8-14(21)15(25)9-30)5-13(16)20(29-10)27-6-11-3-2-4-12(18(11)22)19(23)24/h2-5,7,14-15,19H,6,8-9,25H2,1H3,(H,27,28,29)/t14-,15?/m0/s1. The van der Waals surface area contributed by atoms with Crippen molar-refractivity contribution in [3.63, 3.8) is 0 Å². The molecular formula is C20H20F4N6. The Kier molecular flexibility index (Phi) is 5.42. The number of nitrogens with two attached hydrogens (primary N) is 1. The van der Waals surface area contributed by atoms with Crippen molar-refractivity contribution in [3.05, 3.63) is 53.2 Å². The van der Waals surface area contributed by atoms with E-state index < -0.39 is 30.0 Å². The van der Waals surface area contributed by atoms with Crippen molar-refractivity contribution in [1.82, 2.24) is 15.0 Å². The van der Waals surface area contributed by atoms with E-state index in [1.807, 2.05) is 0 Å². The van der Waals surface area contributed by atoms with E-state index in [4.69, 9.17) is 5.73 Å². The van der Waals surface area contributed by atoms with Crippen LogP contribution in [0.1, 0.15) is 23.4 Å². The predicted molar refractivity (Wildman–Crippen MR) is 106 cm³/mol. The highest BCUT2D eigenvalue weighted by molar-refractivity contribution is 5.90. The van der Waals surface area contributed by atoms with Gasteiger partial charge in [0.15, 0.2) is 0 Å². The lowest BCUT2D eigenvalue weighted by molar-refractivity contribution is 0.146. The molecule has 0 radical (unpaired) electrons. The van der Waals surface area contributed by atoms with Gasteiger partial charge in [0, 0.05) is 24.0 Å². The molecule has 0 aliphatic carbocycles. The van der Waals surface area contributed by atoms with Crippen LogP contribution in [0.25, 0.3) is 10.9 Å². The second kappa shape index (κ2) is 8.02. The molecule has 1 aliphatic rings. The molecule has 10 heteroatoms. The first-order valence-corrected chi connectivity index (χ1v) is 9.41. The number of nitrogens with one attached hydrogen (secondary N) is 1. The highest BCUT2D eigenvalue weighted by atomic mass is 19.3. The smallest absolute Gasteiger partial charge is 0.266 e. The Bertz CT molecular complexity index is 1070. The zero-order chi connectivity index (χ0) is 21.4. The van der Waals surface area contributed by atoms with Crippen molar-refractivity contribution >= 4 is 22.5 Å². The van der Waals surface area contributed by atoms with Gasteiger partial charge in [0.1, 0.15) is 29.4 Å². The van der Waals surface area contributed by atoms with Gasteiger partial charge >= 0.3 is 0 Å². The van der Waals surface area contributed by atoms with E-state index >= 15 is 0 Å². The molecule has 3 heterocycles. The highest BCUT2D eigenvalue weighted by Crippen LogP contribution is 2.28. The zero-order valence-corrected chi connectivity index (χ0v) is 16.1. The molecule has 1 aliphatic heterocycles. The number of aryl methyl sites for hydroxylation is 1. The summed E-state index contributed by atoms with van der Waals surface area (Å²) in [7, 11) is 0. The Labute approximate surface area is 170 Å². The number of nitrogens with zero attached hydrogens (tertiary/aromatic N) is 4. The number of halogens is 4. The van der Waals surface area contributed by atoms with Crippen molar-refractivity contribution in [2.45, 2.75) is 32.1 Å². The van der Waals surface area contributed by atoms with Crippen LogP contribution in [0.15, 0.2) is 30.5 Å². The molecule has 2 aromatic heterocycles. The van der Waals surface area contributed by atoms with Gasteiger partial charge in [-0.1, -0.05) is 18.2 Å². The van der Waals surface area contributed by atoms with Gasteiger partial charge in [0.05, 0.1) is 29.9 Å². The third kappa shape index (κ3) is 3.87. The van der Waals surface area contributed by atoms with Gasteiger partial charge in [-0.3, -0.25) is 0 Å². The summed E-state index contributed by atoms with van der Waals surface area (Å²) in [4.78, 5) is 14.8. The summed E-state index contributed by atoms with van der Waals surface area (Å²) < 4.78 is 54.1. The first-order chi connectivity index (χ1) is 14.3. The number of aromatic nitrogens is 3. The molecule has 6 nitrogen and oxygen atoms in total. The van der Waals surface area contributed by atoms with Gasteiger partial charge in [-0.15, -0.1) is 0 Å². The molecule has 3 aromatic rings. The van der Waals surface area contributed by atoms with E-state index in [1.54, 1.807) is 24.1 Å². The first-order valence-electron chi connectivity index (χ1n) is 9.41. The third-order valence-electron chi connectivity index (χ3n) is 5.08. The molecule has 1 saturated heterocycles. The highest BCUT2D eigenvalue weighted by Gasteiger charge is 2.31. The first kappa shape index (κ1) is 20.3. The minimum atomic E-state index is -2.90. The van der Waals surface area contributed by atoms with Gasteiger partial charge in [0.2, 0.25) is 0 Å². The van der Waals surface area contributed by atoms with Crippen molar-refractivity contribution in [2.75, 3.05) is 23.3 Å². The van der Waals surface area contributed by atoms with Crippen LogP contribution in [-0.4, -0.2) is 40.3 Å². The number of pyridine rings is 1. The van der Waals surface area contributed by atoms with Gasteiger partial charge in [-0.25, -0.2) is 32.5 Å². The molecule has 1 fully saturated rings. The van der Waals surface area contributed by atoms with Crippen molar-refractivity contribution in [3.8, 4) is 0 Å². The maximum atomic E-state index is 14.3. The second-order valence-electron chi connectivity index (χ2n) is 7.24. The summed E-state index contributed by atoms with van der Waals surface area (Å²) in [6, 6.07) is 5.01. The van der Waals surface area contributed by atoms with E-state index in [1.165, 1.54) is 12.1 Å². The predicted octanol–water partition coefficient (Wildman–Crippen LogP) is 3.51. The minimum Gasteiger partial charge on any atom is -0.365 e. The summed E-state index contributed by atoms with van der Waals surface area (Å²) in [5.74, 6) is 0.452. The molecule has 2 atom stereocenters. The van der Waals surface area contributed by atoms with Crippen LogP contribution in [0.5, 0.6) is 0 Å². The largest absolute Gasteiger partial charge is 0.365 e. The Balaban J connectivity index is 1.65. The van der Waals surface area contributed by atoms with Crippen molar-refractivity contribution < 1.29 is 17.6 Å². The molecule has 1 aromatic carbocycles. The number of fused-ring (bicyclic) bond motifs is 1. The fraction of sp³-hybridized carbons (Fsp3) is 0.350. The number of benzene rings is 1. The fourth-order valence-electron chi connectivity index (χ4n) is 3.50. The Morgan fingerprint density at radius 3 is 2.77 bits per heavy atom. The number of alkyl halides is 3. The van der Waals surface area contributed by atoms with E-state index in [2.05, 4.69) is 20.3 Å². The van der Waals surface area contributed by atoms with Crippen molar-refractivity contribution in [2.24, 2.45) is 5.73 Å². The molecule has 0 spiro atoms. The number of anilines is 2. The lowest BCUT2D eigenvalue weighted by Gasteiger charge is -2.18. The number of hydrogen-bond donors (Lipinski definition) is 2. The molecule has 3 N–H and O–H groups in total. The Morgan fingerprint density at radius 1 is 1.27 bits per heavy atom. The lowest BCUT2D eigenvalue weighted by atomic mass is 10.1. The van der Waals surface area contributed by atoms with Crippen LogP contribution in [0.2, 0.25) is 0 Å². The van der Waals surface area contributed by atoms with Crippen molar-refractivity contribution in [1.29, 1.82) is 0 Å². The second-order valence-corrected chi connectivity index (χ2v) is 7.24. The number of hydrogen-bond acceptors (Lipinski definition) is 6. The maximum absolute atomic E-state index is 14.3. The van der Waals surface area contributed by atoms with Crippen LogP contribution < -0.4 is 16.0 Å². The summed E-state index contributed by atoms with van der Waals surface area (Å²) in [5, 5.41) is 3.61. The van der Waals surface area contributed by atoms with Gasteiger partial charge in [-0.05, 0) is 13.0 Å². The minimum absolute atomic E-state index is 0.0449. The fourth-order valence-corrected chi connectivity index (χ4v) is 3.50. The maximum Gasteiger partial charge on any atom is 0.266 e. The zero-order valence-electron chi connectivity index (χ0n) is 16.1. The van der Waals surface area contributed by atoms with Crippen LogP contribution >= 0.6 is 0 Å². The van der Waals surface area contributed by atoms with Gasteiger partial charge in [-0.2, -0.15) is 0 Å². The normalized spacial score (nSPS) is 19.1. The molecular weight excluding hydrogens is 400 g/mol. The molecule has 4 rings (SSSR count). The molecule has 0 amide bonds. The summed E-state index contributed by atoms with van der Waals surface area (Å²) in [6.07, 6.45) is -2.48. The van der Waals surface area contributed by atoms with Crippen LogP contribution in [0.4, 0.5) is 29.2 Å². The molecule has 30 heavy (non-hydrogen) atoms. The number of rotatable bonds is 5. The SMILES string of the molecule is Cc1nc(NCc2cccc(C(F)F)c2F)c2cc(N3CC(N)[C@@H](F)C3)ncc2n1. The average Bonchev–Trinajstić information content (AvgIpc) is 3.05. The molecule has 158 valence electrons. The summed E-state index contributed by atoms with van der Waals surface area (Å²) >= 11 is 0. The quantitative estimate of drug-likeness (QED) is 0.615. The van der Waals surface area contributed by atoms with E-state index in [0.29, 0.717) is 34.9 Å². The van der Waals surface area contributed by atoms with E-state index in [9.17, 15) is 17.6 Å². The summed E-state index contributed by atoms with van der Waals surface area (Å²) in [5.41, 5.74) is 5.76. The van der Waals surface area contributed by atoms with Crippen LogP contribution in [0, 0.1) is 12.7 Å². The molecule has 0 saturated carbocycles. The van der Waals surface area contributed by atoms with Crippen LogP contribution in [0.3, 0.4) is 0 Å². The van der Waals surface area contributed by atoms with E-state index in [-0.39, 0.29) is 18.7 Å². The summed E-state index contributed by atoms with van der Waals surface area (Å²) in [6.45, 7) is 2.13. The van der Waals surface area contributed by atoms with Crippen LogP contribution in [-0.2, 0) is 6.54 Å². The third-order valence-corrected chi connectivity index (χ3v) is 5.08. The Hall–Kier alpha value is -3.01. The Morgan fingerprint density at radius 2 is 2.07 bits per heavy atom. The van der Waals surface area contributed by atoms with Gasteiger partial charge in [0.25, 0.3) is 6.43 Å². The van der Waals surface area contributed by atoms with Gasteiger partial charge < -0.3 is 16.0 Å².